The summed E-state index contributed by atoms with van der Waals surface area (Å²) in [6.07, 6.45) is 3.73. The molecule has 110 valence electrons. The van der Waals surface area contributed by atoms with Gasteiger partial charge in [0, 0.05) is 19.0 Å². The molecule has 0 aromatic carbocycles. The zero-order chi connectivity index (χ0) is 14.5. The fourth-order valence-electron chi connectivity index (χ4n) is 2.25. The summed E-state index contributed by atoms with van der Waals surface area (Å²) in [6, 6.07) is 0.0858. The van der Waals surface area contributed by atoms with Crippen LogP contribution in [0.15, 0.2) is 0 Å². The van der Waals surface area contributed by atoms with Gasteiger partial charge in [0.15, 0.2) is 0 Å². The number of carbonyl (C=O) groups is 2. The number of ether oxygens (including phenoxy) is 2. The molecule has 1 aliphatic heterocycles. The van der Waals surface area contributed by atoms with Gasteiger partial charge in [0.1, 0.15) is 5.60 Å². The lowest BCUT2D eigenvalue weighted by atomic mass is 9.98. The molecule has 5 heteroatoms. The molecule has 1 heterocycles. The van der Waals surface area contributed by atoms with Crippen molar-refractivity contribution in [3.63, 3.8) is 0 Å². The van der Waals surface area contributed by atoms with E-state index < -0.39 is 5.60 Å². The van der Waals surface area contributed by atoms with E-state index in [9.17, 15) is 9.59 Å². The van der Waals surface area contributed by atoms with Gasteiger partial charge >= 0.3 is 12.1 Å². The van der Waals surface area contributed by atoms with Crippen LogP contribution in [0.2, 0.25) is 0 Å². The topological polar surface area (TPSA) is 55.8 Å². The van der Waals surface area contributed by atoms with Gasteiger partial charge in [0.25, 0.3) is 0 Å². The maximum Gasteiger partial charge on any atom is 0.410 e. The molecular weight excluding hydrogens is 246 g/mol. The molecule has 0 aliphatic carbocycles. The highest BCUT2D eigenvalue weighted by atomic mass is 16.6. The molecule has 0 radical (unpaired) electrons. The number of hydrogen-bond donors (Lipinski definition) is 0. The summed E-state index contributed by atoms with van der Waals surface area (Å²) in [5, 5.41) is 0. The number of amides is 1. The van der Waals surface area contributed by atoms with E-state index in [0.717, 1.165) is 19.3 Å². The zero-order valence-corrected chi connectivity index (χ0v) is 12.4. The van der Waals surface area contributed by atoms with Crippen molar-refractivity contribution in [2.24, 2.45) is 0 Å². The molecule has 0 aromatic rings. The standard InChI is InChI=1S/C14H25NO4/c1-14(2,3)19-13(17)15-10-6-5-7-11(15)8-9-12(16)18-4/h11H,5-10H2,1-4H3/t11-/m0/s1. The number of carbonyl (C=O) groups excluding carboxylic acids is 2. The van der Waals surface area contributed by atoms with Gasteiger partial charge in [-0.05, 0) is 46.5 Å². The largest absolute Gasteiger partial charge is 0.469 e. The Balaban J connectivity index is 2.56. The highest BCUT2D eigenvalue weighted by molar-refractivity contribution is 5.70. The summed E-state index contributed by atoms with van der Waals surface area (Å²) in [5.74, 6) is -0.227. The Morgan fingerprint density at radius 1 is 1.26 bits per heavy atom. The number of nitrogens with zero attached hydrogens (tertiary/aromatic N) is 1. The molecular formula is C14H25NO4. The molecule has 0 bridgehead atoms. The van der Waals surface area contributed by atoms with Crippen LogP contribution >= 0.6 is 0 Å². The van der Waals surface area contributed by atoms with Crippen LogP contribution in [-0.4, -0.2) is 42.3 Å². The van der Waals surface area contributed by atoms with Gasteiger partial charge in [-0.25, -0.2) is 4.79 Å². The van der Waals surface area contributed by atoms with Crippen molar-refractivity contribution < 1.29 is 19.1 Å². The Bertz CT molecular complexity index is 322. The van der Waals surface area contributed by atoms with Gasteiger partial charge in [-0.3, -0.25) is 4.79 Å². The second kappa shape index (κ2) is 6.78. The molecule has 0 saturated carbocycles. The third-order valence-corrected chi connectivity index (χ3v) is 3.16. The maximum atomic E-state index is 12.1. The van der Waals surface area contributed by atoms with Crippen molar-refractivity contribution in [2.75, 3.05) is 13.7 Å². The molecule has 1 fully saturated rings. The number of hydrogen-bond acceptors (Lipinski definition) is 4. The van der Waals surface area contributed by atoms with E-state index in [0.29, 0.717) is 19.4 Å². The first kappa shape index (κ1) is 15.8. The smallest absolute Gasteiger partial charge is 0.410 e. The fourth-order valence-corrected chi connectivity index (χ4v) is 2.25. The number of rotatable bonds is 3. The van der Waals surface area contributed by atoms with Crippen molar-refractivity contribution in [3.8, 4) is 0 Å². The molecule has 1 atom stereocenters. The van der Waals surface area contributed by atoms with Crippen LogP contribution in [0.4, 0.5) is 4.79 Å². The first-order chi connectivity index (χ1) is 8.83. The van der Waals surface area contributed by atoms with Crippen molar-refractivity contribution in [1.29, 1.82) is 0 Å². The van der Waals surface area contributed by atoms with E-state index in [2.05, 4.69) is 4.74 Å². The van der Waals surface area contributed by atoms with Crippen molar-refractivity contribution in [1.82, 2.24) is 4.90 Å². The predicted molar refractivity (Wildman–Crippen MR) is 71.8 cm³/mol. The van der Waals surface area contributed by atoms with Crippen LogP contribution in [0.5, 0.6) is 0 Å². The first-order valence-corrected chi connectivity index (χ1v) is 6.90. The van der Waals surface area contributed by atoms with Crippen LogP contribution in [0, 0.1) is 0 Å². The summed E-state index contributed by atoms with van der Waals surface area (Å²) in [7, 11) is 1.38. The molecule has 0 aromatic heterocycles. The summed E-state index contributed by atoms with van der Waals surface area (Å²) >= 11 is 0. The molecule has 1 amide bonds. The first-order valence-electron chi connectivity index (χ1n) is 6.90. The lowest BCUT2D eigenvalue weighted by Gasteiger charge is -2.36. The summed E-state index contributed by atoms with van der Waals surface area (Å²) < 4.78 is 10.1. The maximum absolute atomic E-state index is 12.1. The van der Waals surface area contributed by atoms with Crippen LogP contribution < -0.4 is 0 Å². The average molecular weight is 271 g/mol. The van der Waals surface area contributed by atoms with Gasteiger partial charge in [-0.2, -0.15) is 0 Å². The second-order valence-corrected chi connectivity index (χ2v) is 5.94. The van der Waals surface area contributed by atoms with Crippen LogP contribution in [0.25, 0.3) is 0 Å². The van der Waals surface area contributed by atoms with Crippen molar-refractivity contribution >= 4 is 12.1 Å². The summed E-state index contributed by atoms with van der Waals surface area (Å²) in [6.45, 7) is 6.29. The normalized spacial score (nSPS) is 20.0. The van der Waals surface area contributed by atoms with E-state index in [1.807, 2.05) is 20.8 Å². The molecule has 19 heavy (non-hydrogen) atoms. The van der Waals surface area contributed by atoms with E-state index in [1.165, 1.54) is 7.11 Å². The van der Waals surface area contributed by atoms with Gasteiger partial charge in [0.05, 0.1) is 7.11 Å². The van der Waals surface area contributed by atoms with Gasteiger partial charge in [-0.15, -0.1) is 0 Å². The highest BCUT2D eigenvalue weighted by Gasteiger charge is 2.30. The number of likely N-dealkylation sites (tertiary alicyclic amines) is 1. The average Bonchev–Trinajstić information content (AvgIpc) is 2.34. The Morgan fingerprint density at radius 2 is 1.95 bits per heavy atom. The number of piperidine rings is 1. The summed E-state index contributed by atoms with van der Waals surface area (Å²) in [5.41, 5.74) is -0.485. The molecule has 0 unspecified atom stereocenters. The summed E-state index contributed by atoms with van der Waals surface area (Å²) in [4.78, 5) is 25.1. The molecule has 0 spiro atoms. The predicted octanol–water partition coefficient (Wildman–Crippen LogP) is 2.73. The molecule has 0 N–H and O–H groups in total. The van der Waals surface area contributed by atoms with Crippen LogP contribution in [0.3, 0.4) is 0 Å². The second-order valence-electron chi connectivity index (χ2n) is 5.94. The Kier molecular flexibility index (Phi) is 5.63. The van der Waals surface area contributed by atoms with Gasteiger partial charge in [-0.1, -0.05) is 0 Å². The van der Waals surface area contributed by atoms with Crippen molar-refractivity contribution in [3.05, 3.63) is 0 Å². The van der Waals surface area contributed by atoms with E-state index in [1.54, 1.807) is 4.90 Å². The quantitative estimate of drug-likeness (QED) is 0.741. The molecule has 1 saturated heterocycles. The fraction of sp³-hybridized carbons (Fsp3) is 0.857. The molecule has 1 aliphatic rings. The van der Waals surface area contributed by atoms with Crippen molar-refractivity contribution in [2.45, 2.75) is 64.5 Å². The monoisotopic (exact) mass is 271 g/mol. The molecule has 5 nitrogen and oxygen atoms in total. The third-order valence-electron chi connectivity index (χ3n) is 3.16. The molecule has 1 rings (SSSR count). The minimum absolute atomic E-state index is 0.0858. The van der Waals surface area contributed by atoms with E-state index in [-0.39, 0.29) is 18.1 Å². The SMILES string of the molecule is COC(=O)CC[C@@H]1CCCCN1C(=O)OC(C)(C)C. The van der Waals surface area contributed by atoms with E-state index >= 15 is 0 Å². The Labute approximate surface area is 115 Å². The minimum atomic E-state index is -0.485. The Hall–Kier alpha value is -1.26. The Morgan fingerprint density at radius 3 is 2.53 bits per heavy atom. The van der Waals surface area contributed by atoms with Gasteiger partial charge in [0.2, 0.25) is 0 Å². The zero-order valence-electron chi connectivity index (χ0n) is 12.4. The van der Waals surface area contributed by atoms with Crippen LogP contribution in [0.1, 0.15) is 52.9 Å². The number of methoxy groups -OCH3 is 1. The van der Waals surface area contributed by atoms with Crippen LogP contribution in [-0.2, 0) is 14.3 Å². The van der Waals surface area contributed by atoms with Gasteiger partial charge < -0.3 is 14.4 Å². The lowest BCUT2D eigenvalue weighted by Crippen LogP contribution is -2.46. The lowest BCUT2D eigenvalue weighted by molar-refractivity contribution is -0.141. The number of esters is 1. The van der Waals surface area contributed by atoms with E-state index in [4.69, 9.17) is 4.74 Å². The minimum Gasteiger partial charge on any atom is -0.469 e. The third kappa shape index (κ3) is 5.49. The highest BCUT2D eigenvalue weighted by Crippen LogP contribution is 2.23.